The van der Waals surface area contributed by atoms with Gasteiger partial charge in [0.05, 0.1) is 6.10 Å². The van der Waals surface area contributed by atoms with Crippen LogP contribution < -0.4 is 9.47 Å². The Labute approximate surface area is 156 Å². The monoisotopic (exact) mass is 362 g/mol. The second-order valence-corrected chi connectivity index (χ2v) is 6.36. The molecule has 0 aromatic heterocycles. The molecule has 0 fully saturated rings. The highest BCUT2D eigenvalue weighted by Crippen LogP contribution is 2.38. The Bertz CT molecular complexity index is 950. The molecule has 0 radical (unpaired) electrons. The number of aliphatic hydroxyl groups excluding tert-OH is 1. The highest BCUT2D eigenvalue weighted by atomic mass is 16.7. The van der Waals surface area contributed by atoms with Crippen LogP contribution >= 0.6 is 0 Å². The quantitative estimate of drug-likeness (QED) is 0.718. The topological polar surface area (TPSA) is 76.0 Å². The number of hydrogen-bond donors (Lipinski definition) is 2. The lowest BCUT2D eigenvalue weighted by Gasteiger charge is -2.20. The van der Waals surface area contributed by atoms with E-state index in [1.807, 2.05) is 42.5 Å². The molecule has 4 rings (SSSR count). The maximum atomic E-state index is 11.9. The Morgan fingerprint density at radius 3 is 2.15 bits per heavy atom. The third-order valence-corrected chi connectivity index (χ3v) is 4.70. The maximum Gasteiger partial charge on any atom is 0.314 e. The smallest absolute Gasteiger partial charge is 0.314 e. The van der Waals surface area contributed by atoms with Crippen LogP contribution in [0.1, 0.15) is 23.1 Å². The number of rotatable bonds is 5. The second-order valence-electron chi connectivity index (χ2n) is 6.36. The number of fused-ring (bicyclic) bond motifs is 1. The van der Waals surface area contributed by atoms with Gasteiger partial charge >= 0.3 is 5.97 Å². The highest BCUT2D eigenvalue weighted by Gasteiger charge is 2.31. The van der Waals surface area contributed by atoms with Gasteiger partial charge < -0.3 is 19.7 Å². The van der Waals surface area contributed by atoms with Gasteiger partial charge in [-0.3, -0.25) is 4.79 Å². The molecule has 0 saturated carbocycles. The first-order valence-corrected chi connectivity index (χ1v) is 8.59. The average molecular weight is 362 g/mol. The summed E-state index contributed by atoms with van der Waals surface area (Å²) in [7, 11) is 0. The summed E-state index contributed by atoms with van der Waals surface area (Å²) >= 11 is 0. The first kappa shape index (κ1) is 17.1. The summed E-state index contributed by atoms with van der Waals surface area (Å²) in [5.41, 5.74) is 3.07. The summed E-state index contributed by atoms with van der Waals surface area (Å²) in [6.07, 6.45) is -1.19. The third kappa shape index (κ3) is 3.37. The van der Waals surface area contributed by atoms with E-state index in [0.717, 1.165) is 11.1 Å². The standard InChI is InChI=1S/C22H18O5/c23-21(16-8-6-15(7-9-16)14-4-2-1-3-5-14)20(22(24)25)17-10-11-18-19(12-17)27-13-26-18/h1-12,20-21,23H,13H2,(H,24,25). The third-order valence-electron chi connectivity index (χ3n) is 4.70. The Morgan fingerprint density at radius 2 is 1.44 bits per heavy atom. The van der Waals surface area contributed by atoms with Gasteiger partial charge in [0.1, 0.15) is 5.92 Å². The van der Waals surface area contributed by atoms with E-state index in [2.05, 4.69) is 0 Å². The van der Waals surface area contributed by atoms with Gasteiger partial charge in [0.25, 0.3) is 0 Å². The zero-order valence-corrected chi connectivity index (χ0v) is 14.4. The van der Waals surface area contributed by atoms with E-state index >= 15 is 0 Å². The van der Waals surface area contributed by atoms with Crippen molar-refractivity contribution in [2.24, 2.45) is 0 Å². The lowest BCUT2D eigenvalue weighted by molar-refractivity contribution is -0.141. The van der Waals surface area contributed by atoms with Crippen LogP contribution in [0, 0.1) is 0 Å². The fourth-order valence-corrected chi connectivity index (χ4v) is 3.26. The molecule has 3 aromatic carbocycles. The lowest BCUT2D eigenvalue weighted by atomic mass is 9.88. The van der Waals surface area contributed by atoms with Crippen molar-refractivity contribution >= 4 is 5.97 Å². The number of aliphatic hydroxyl groups is 1. The molecular weight excluding hydrogens is 344 g/mol. The molecule has 5 heteroatoms. The van der Waals surface area contributed by atoms with Crippen LogP contribution in [0.2, 0.25) is 0 Å². The molecule has 0 spiro atoms. The van der Waals surface area contributed by atoms with Gasteiger partial charge in [-0.15, -0.1) is 0 Å². The van der Waals surface area contributed by atoms with Gasteiger partial charge in [-0.2, -0.15) is 0 Å². The van der Waals surface area contributed by atoms with Crippen molar-refractivity contribution in [3.63, 3.8) is 0 Å². The van der Waals surface area contributed by atoms with Gasteiger partial charge in [0.2, 0.25) is 6.79 Å². The Kier molecular flexibility index (Phi) is 4.52. The van der Waals surface area contributed by atoms with Crippen LogP contribution in [0.3, 0.4) is 0 Å². The Balaban J connectivity index is 1.63. The van der Waals surface area contributed by atoms with Crippen molar-refractivity contribution in [3.8, 4) is 22.6 Å². The van der Waals surface area contributed by atoms with E-state index in [-0.39, 0.29) is 6.79 Å². The van der Waals surface area contributed by atoms with Crippen molar-refractivity contribution < 1.29 is 24.5 Å². The number of carbonyl (C=O) groups is 1. The fourth-order valence-electron chi connectivity index (χ4n) is 3.26. The maximum absolute atomic E-state index is 11.9. The zero-order valence-electron chi connectivity index (χ0n) is 14.4. The van der Waals surface area contributed by atoms with E-state index in [1.165, 1.54) is 0 Å². The molecule has 2 N–H and O–H groups in total. The molecule has 1 aliphatic rings. The predicted molar refractivity (Wildman–Crippen MR) is 99.8 cm³/mol. The minimum absolute atomic E-state index is 0.111. The molecule has 27 heavy (non-hydrogen) atoms. The highest BCUT2D eigenvalue weighted by molar-refractivity contribution is 5.78. The molecule has 0 amide bonds. The normalized spacial score (nSPS) is 14.6. The van der Waals surface area contributed by atoms with Crippen molar-refractivity contribution in [1.29, 1.82) is 0 Å². The molecule has 0 bridgehead atoms. The van der Waals surface area contributed by atoms with E-state index in [4.69, 9.17) is 9.47 Å². The summed E-state index contributed by atoms with van der Waals surface area (Å²) in [5.74, 6) is -1.15. The molecule has 136 valence electrons. The van der Waals surface area contributed by atoms with Crippen molar-refractivity contribution in [1.82, 2.24) is 0 Å². The van der Waals surface area contributed by atoms with E-state index in [0.29, 0.717) is 22.6 Å². The summed E-state index contributed by atoms with van der Waals surface area (Å²) < 4.78 is 10.6. The first-order chi connectivity index (χ1) is 13.1. The molecule has 2 unspecified atom stereocenters. The second kappa shape index (κ2) is 7.13. The van der Waals surface area contributed by atoms with E-state index in [1.54, 1.807) is 30.3 Å². The van der Waals surface area contributed by atoms with Gasteiger partial charge in [-0.05, 0) is 34.4 Å². The molecule has 0 aliphatic carbocycles. The number of carboxylic acid groups (broad SMARTS) is 1. The Morgan fingerprint density at radius 1 is 0.815 bits per heavy atom. The zero-order chi connectivity index (χ0) is 18.8. The number of ether oxygens (including phenoxy) is 2. The molecule has 0 saturated heterocycles. The van der Waals surface area contributed by atoms with Crippen LogP contribution in [-0.4, -0.2) is 23.0 Å². The first-order valence-electron chi connectivity index (χ1n) is 8.59. The molecule has 3 aromatic rings. The SMILES string of the molecule is O=C(O)C(c1ccc2c(c1)OCO2)C(O)c1ccc(-c2ccccc2)cc1. The van der Waals surface area contributed by atoms with Crippen LogP contribution in [0.4, 0.5) is 0 Å². The van der Waals surface area contributed by atoms with Crippen molar-refractivity contribution in [2.75, 3.05) is 6.79 Å². The van der Waals surface area contributed by atoms with Crippen LogP contribution in [0.5, 0.6) is 11.5 Å². The number of aliphatic carboxylic acids is 1. The van der Waals surface area contributed by atoms with Gasteiger partial charge in [-0.25, -0.2) is 0 Å². The molecule has 1 aliphatic heterocycles. The summed E-state index contributed by atoms with van der Waals surface area (Å²) in [4.78, 5) is 11.9. The summed E-state index contributed by atoms with van der Waals surface area (Å²) in [5, 5.41) is 20.5. The molecule has 1 heterocycles. The number of benzene rings is 3. The van der Waals surface area contributed by atoms with Crippen molar-refractivity contribution in [2.45, 2.75) is 12.0 Å². The van der Waals surface area contributed by atoms with Crippen LogP contribution in [-0.2, 0) is 4.79 Å². The van der Waals surface area contributed by atoms with Crippen LogP contribution in [0.15, 0.2) is 72.8 Å². The Hall–Kier alpha value is -3.31. The minimum Gasteiger partial charge on any atom is -0.481 e. The lowest BCUT2D eigenvalue weighted by Crippen LogP contribution is -2.20. The number of carboxylic acids is 1. The largest absolute Gasteiger partial charge is 0.481 e. The molecular formula is C22H18O5. The molecule has 5 nitrogen and oxygen atoms in total. The number of hydrogen-bond acceptors (Lipinski definition) is 4. The van der Waals surface area contributed by atoms with E-state index in [9.17, 15) is 15.0 Å². The van der Waals surface area contributed by atoms with E-state index < -0.39 is 18.0 Å². The van der Waals surface area contributed by atoms with Gasteiger partial charge in [0, 0.05) is 0 Å². The predicted octanol–water partition coefficient (Wildman–Crippen LogP) is 3.98. The summed E-state index contributed by atoms with van der Waals surface area (Å²) in [6.45, 7) is 0.111. The van der Waals surface area contributed by atoms with Crippen LogP contribution in [0.25, 0.3) is 11.1 Å². The van der Waals surface area contributed by atoms with Gasteiger partial charge in [-0.1, -0.05) is 60.7 Å². The van der Waals surface area contributed by atoms with Crippen molar-refractivity contribution in [3.05, 3.63) is 83.9 Å². The fraction of sp³-hybridized carbons (Fsp3) is 0.136. The van der Waals surface area contributed by atoms with Gasteiger partial charge in [0.15, 0.2) is 11.5 Å². The minimum atomic E-state index is -1.19. The molecule has 2 atom stereocenters. The summed E-state index contributed by atoms with van der Waals surface area (Å²) in [6, 6.07) is 22.1. The average Bonchev–Trinajstić information content (AvgIpc) is 3.16.